The van der Waals surface area contributed by atoms with Gasteiger partial charge in [0.05, 0.1) is 11.5 Å². The Hall–Kier alpha value is -3.68. The van der Waals surface area contributed by atoms with Gasteiger partial charge in [-0.1, -0.05) is 6.92 Å². The van der Waals surface area contributed by atoms with Crippen LogP contribution in [0.2, 0.25) is 0 Å². The lowest BCUT2D eigenvalue weighted by atomic mass is 9.66. The van der Waals surface area contributed by atoms with Crippen LogP contribution in [-0.4, -0.2) is 32.1 Å². The molecule has 1 amide bonds. The van der Waals surface area contributed by atoms with Gasteiger partial charge in [-0.05, 0) is 35.8 Å². The van der Waals surface area contributed by atoms with Gasteiger partial charge in [0.2, 0.25) is 0 Å². The second kappa shape index (κ2) is 5.66. The maximum Gasteiger partial charge on any atom is 0.256 e. The molecule has 0 bridgehead atoms. The van der Waals surface area contributed by atoms with Crippen molar-refractivity contribution in [3.63, 3.8) is 0 Å². The topological polar surface area (TPSA) is 167 Å². The fraction of sp³-hybridized carbons (Fsp3) is 0.200. The quantitative estimate of drug-likeness (QED) is 0.323. The predicted molar refractivity (Wildman–Crippen MR) is 100 cm³/mol. The molecule has 144 valence electrons. The number of hydrogen-bond acceptors (Lipinski definition) is 7. The second-order valence-electron chi connectivity index (χ2n) is 7.12. The number of benzene rings is 2. The molecule has 0 aromatic heterocycles. The zero-order valence-electron chi connectivity index (χ0n) is 14.9. The van der Waals surface area contributed by atoms with Crippen LogP contribution in [0.25, 0.3) is 5.76 Å². The summed E-state index contributed by atoms with van der Waals surface area (Å²) in [5.41, 5.74) is 12.2. The average molecular weight is 382 g/mol. The molecule has 0 fully saturated rings. The van der Waals surface area contributed by atoms with E-state index in [1.165, 1.54) is 12.1 Å². The van der Waals surface area contributed by atoms with E-state index < -0.39 is 40.6 Å². The molecule has 8 heteroatoms. The Bertz CT molecular complexity index is 1120. The number of primary amides is 1. The summed E-state index contributed by atoms with van der Waals surface area (Å²) in [6.07, 6.45) is -0.0298. The molecule has 0 radical (unpaired) electrons. The Morgan fingerprint density at radius 2 is 1.82 bits per heavy atom. The van der Waals surface area contributed by atoms with E-state index in [1.807, 2.05) is 0 Å². The number of nitrogen functional groups attached to an aromatic ring is 1. The first-order valence-corrected chi connectivity index (χ1v) is 8.61. The molecular formula is C20H18N2O6. The molecule has 8 N–H and O–H groups in total. The van der Waals surface area contributed by atoms with E-state index in [4.69, 9.17) is 11.5 Å². The lowest BCUT2D eigenvalue weighted by Gasteiger charge is -2.37. The number of amides is 1. The SMILES string of the molecule is CC1C2=C(O)c3cc(O)c(C(N)=O)c(O)c3CC2C(=O)c2c(O)ccc(N)c21. The van der Waals surface area contributed by atoms with Crippen LogP contribution in [0.3, 0.4) is 0 Å². The number of rotatable bonds is 1. The summed E-state index contributed by atoms with van der Waals surface area (Å²) in [5.74, 6) is -4.46. The highest BCUT2D eigenvalue weighted by Gasteiger charge is 2.44. The van der Waals surface area contributed by atoms with Crippen molar-refractivity contribution in [1.29, 1.82) is 0 Å². The van der Waals surface area contributed by atoms with Gasteiger partial charge in [-0.3, -0.25) is 9.59 Å². The summed E-state index contributed by atoms with van der Waals surface area (Å²) in [6, 6.07) is 3.97. The van der Waals surface area contributed by atoms with Crippen LogP contribution in [0.1, 0.15) is 50.2 Å². The Balaban J connectivity index is 2.02. The molecule has 2 unspecified atom stereocenters. The van der Waals surface area contributed by atoms with Crippen molar-refractivity contribution in [3.8, 4) is 17.2 Å². The lowest BCUT2D eigenvalue weighted by Crippen LogP contribution is -2.33. The number of Topliss-reactive ketones (excluding diaryl/α,β-unsaturated/α-hetero) is 1. The summed E-state index contributed by atoms with van der Waals surface area (Å²) < 4.78 is 0. The Kier molecular flexibility index (Phi) is 3.58. The fourth-order valence-corrected chi connectivity index (χ4v) is 4.41. The number of phenols is 3. The summed E-state index contributed by atoms with van der Waals surface area (Å²) >= 11 is 0. The number of carbonyl (C=O) groups excluding carboxylic acids is 2. The highest BCUT2D eigenvalue weighted by atomic mass is 16.3. The van der Waals surface area contributed by atoms with E-state index >= 15 is 0 Å². The summed E-state index contributed by atoms with van der Waals surface area (Å²) in [7, 11) is 0. The van der Waals surface area contributed by atoms with Gasteiger partial charge in [-0.25, -0.2) is 0 Å². The van der Waals surface area contributed by atoms with Crippen molar-refractivity contribution >= 4 is 23.1 Å². The number of ketones is 1. The van der Waals surface area contributed by atoms with Gasteiger partial charge in [0.25, 0.3) is 5.91 Å². The molecule has 4 rings (SSSR count). The molecule has 0 spiro atoms. The van der Waals surface area contributed by atoms with Crippen LogP contribution >= 0.6 is 0 Å². The number of allylic oxidation sites excluding steroid dienone is 1. The number of fused-ring (bicyclic) bond motifs is 3. The number of carbonyl (C=O) groups is 2. The first-order chi connectivity index (χ1) is 13.1. The van der Waals surface area contributed by atoms with Gasteiger partial charge in [-0.15, -0.1) is 0 Å². The first kappa shape index (κ1) is 17.7. The highest BCUT2D eigenvalue weighted by Crippen LogP contribution is 2.52. The monoisotopic (exact) mass is 382 g/mol. The molecule has 2 aliphatic carbocycles. The van der Waals surface area contributed by atoms with Crippen LogP contribution in [0.5, 0.6) is 17.2 Å². The molecule has 28 heavy (non-hydrogen) atoms. The minimum absolute atomic E-state index is 0.0298. The van der Waals surface area contributed by atoms with Crippen molar-refractivity contribution in [2.24, 2.45) is 11.7 Å². The van der Waals surface area contributed by atoms with Crippen LogP contribution < -0.4 is 11.5 Å². The minimum atomic E-state index is -1.04. The highest BCUT2D eigenvalue weighted by molar-refractivity contribution is 6.08. The number of aromatic hydroxyl groups is 3. The lowest BCUT2D eigenvalue weighted by molar-refractivity contribution is 0.0921. The van der Waals surface area contributed by atoms with E-state index in [0.717, 1.165) is 6.07 Å². The van der Waals surface area contributed by atoms with Gasteiger partial charge in [0.1, 0.15) is 28.6 Å². The zero-order valence-corrected chi connectivity index (χ0v) is 14.9. The van der Waals surface area contributed by atoms with E-state index in [1.54, 1.807) is 6.92 Å². The number of anilines is 1. The molecule has 0 aliphatic heterocycles. The standard InChI is InChI=1S/C20H18N2O6/c1-6-13-9(19(27)15-11(23)3-2-10(21)14(6)15)4-7-8(17(13)25)5-12(24)16(18(7)26)20(22)28/h2-3,5-6,9,23-26H,4,21H2,1H3,(H2,22,28). The number of aliphatic hydroxyl groups excluding tert-OH is 1. The second-order valence-corrected chi connectivity index (χ2v) is 7.12. The minimum Gasteiger partial charge on any atom is -0.507 e. The van der Waals surface area contributed by atoms with Gasteiger partial charge in [0.15, 0.2) is 5.78 Å². The van der Waals surface area contributed by atoms with E-state index in [2.05, 4.69) is 0 Å². The average Bonchev–Trinajstić information content (AvgIpc) is 2.62. The summed E-state index contributed by atoms with van der Waals surface area (Å²) in [4.78, 5) is 24.7. The van der Waals surface area contributed by atoms with Crippen LogP contribution in [0.15, 0.2) is 23.8 Å². The number of phenolic OH excluding ortho intramolecular Hbond substituents is 1. The summed E-state index contributed by atoms with van der Waals surface area (Å²) in [5, 5.41) is 41.7. The van der Waals surface area contributed by atoms with Gasteiger partial charge >= 0.3 is 0 Å². The maximum absolute atomic E-state index is 13.1. The van der Waals surface area contributed by atoms with Crippen molar-refractivity contribution in [2.45, 2.75) is 19.3 Å². The predicted octanol–water partition coefficient (Wildman–Crippen LogP) is 1.93. The number of nitrogens with two attached hydrogens (primary N) is 2. The van der Waals surface area contributed by atoms with Crippen molar-refractivity contribution < 1.29 is 30.0 Å². The molecule has 0 heterocycles. The molecule has 2 atom stereocenters. The van der Waals surface area contributed by atoms with Gasteiger partial charge in [0, 0.05) is 22.7 Å². The van der Waals surface area contributed by atoms with Crippen LogP contribution in [-0.2, 0) is 6.42 Å². The van der Waals surface area contributed by atoms with Crippen molar-refractivity contribution in [3.05, 3.63) is 51.6 Å². The smallest absolute Gasteiger partial charge is 0.256 e. The Morgan fingerprint density at radius 3 is 2.46 bits per heavy atom. The molecule has 2 aromatic rings. The molecular weight excluding hydrogens is 364 g/mol. The fourth-order valence-electron chi connectivity index (χ4n) is 4.41. The Labute approximate surface area is 159 Å². The first-order valence-electron chi connectivity index (χ1n) is 8.61. The molecule has 2 aromatic carbocycles. The van der Waals surface area contributed by atoms with Crippen molar-refractivity contribution in [1.82, 2.24) is 0 Å². The zero-order chi connectivity index (χ0) is 20.5. The molecule has 2 aliphatic rings. The largest absolute Gasteiger partial charge is 0.507 e. The Morgan fingerprint density at radius 1 is 1.14 bits per heavy atom. The third-order valence-corrected chi connectivity index (χ3v) is 5.66. The van der Waals surface area contributed by atoms with Crippen molar-refractivity contribution in [2.75, 3.05) is 5.73 Å². The van der Waals surface area contributed by atoms with E-state index in [9.17, 15) is 30.0 Å². The maximum atomic E-state index is 13.1. The molecule has 0 saturated carbocycles. The number of aliphatic hydroxyl groups is 1. The van der Waals surface area contributed by atoms with Crippen LogP contribution in [0.4, 0.5) is 5.69 Å². The third kappa shape index (κ3) is 2.11. The van der Waals surface area contributed by atoms with E-state index in [-0.39, 0.29) is 34.6 Å². The number of hydrogen-bond donors (Lipinski definition) is 6. The molecule has 0 saturated heterocycles. The van der Waals surface area contributed by atoms with Gasteiger partial charge < -0.3 is 31.9 Å². The van der Waals surface area contributed by atoms with Crippen LogP contribution in [0, 0.1) is 5.92 Å². The van der Waals surface area contributed by atoms with Gasteiger partial charge in [-0.2, -0.15) is 0 Å². The third-order valence-electron chi connectivity index (χ3n) is 5.66. The normalized spacial score (nSPS) is 20.4. The van der Waals surface area contributed by atoms with E-state index in [0.29, 0.717) is 16.8 Å². The molecule has 8 nitrogen and oxygen atoms in total. The summed E-state index contributed by atoms with van der Waals surface area (Å²) in [6.45, 7) is 1.75.